The number of carbonyl (C=O) groups excluding carboxylic acids is 1. The summed E-state index contributed by atoms with van der Waals surface area (Å²) < 4.78 is 15.6. The number of nitrogens with one attached hydrogen (secondary N) is 1. The first-order chi connectivity index (χ1) is 12.9. The third-order valence-electron chi connectivity index (χ3n) is 3.69. The number of nitrogens with zero attached hydrogens (tertiary/aromatic N) is 1. The van der Waals surface area contributed by atoms with Gasteiger partial charge in [0.25, 0.3) is 5.69 Å². The maximum Gasteiger partial charge on any atom is 0.271 e. The monoisotopic (exact) mass is 392 g/mol. The van der Waals surface area contributed by atoms with E-state index in [0.717, 1.165) is 4.90 Å². The molecule has 0 saturated carbocycles. The van der Waals surface area contributed by atoms with Gasteiger partial charge >= 0.3 is 0 Å². The summed E-state index contributed by atoms with van der Waals surface area (Å²) in [6.07, 6.45) is 0. The van der Waals surface area contributed by atoms with Gasteiger partial charge < -0.3 is 19.5 Å². The highest BCUT2D eigenvalue weighted by molar-refractivity contribution is 8.00. The van der Waals surface area contributed by atoms with Crippen LogP contribution in [0, 0.1) is 10.1 Å². The number of rotatable bonds is 8. The number of nitro benzene ring substituents is 1. The first-order valence-electron chi connectivity index (χ1n) is 7.91. The van der Waals surface area contributed by atoms with Gasteiger partial charge in [-0.1, -0.05) is 0 Å². The molecule has 0 aromatic heterocycles. The molecule has 144 valence electrons. The fourth-order valence-electron chi connectivity index (χ4n) is 2.29. The number of amides is 1. The van der Waals surface area contributed by atoms with Crippen molar-refractivity contribution in [1.82, 2.24) is 0 Å². The summed E-state index contributed by atoms with van der Waals surface area (Å²) in [6, 6.07) is 9.39. The van der Waals surface area contributed by atoms with Crippen LogP contribution >= 0.6 is 11.8 Å². The molecule has 0 spiro atoms. The summed E-state index contributed by atoms with van der Waals surface area (Å²) in [7, 11) is 4.52. The van der Waals surface area contributed by atoms with E-state index in [0.29, 0.717) is 17.2 Å². The molecule has 1 N–H and O–H groups in total. The minimum Gasteiger partial charge on any atom is -0.495 e. The number of thioether (sulfide) groups is 1. The van der Waals surface area contributed by atoms with Crippen LogP contribution in [0.2, 0.25) is 0 Å². The van der Waals surface area contributed by atoms with Gasteiger partial charge in [-0.15, -0.1) is 11.8 Å². The SMILES string of the molecule is COc1ccc([N+](=O)[O-])cc1NC(=O)C(C)Sc1ccc(OC)c(OC)c1. The minimum atomic E-state index is -0.531. The second-order valence-corrected chi connectivity index (χ2v) is 6.82. The Morgan fingerprint density at radius 1 is 1.04 bits per heavy atom. The molecule has 0 aliphatic carbocycles. The molecule has 0 heterocycles. The van der Waals surface area contributed by atoms with Gasteiger partial charge in [-0.25, -0.2) is 0 Å². The Bertz CT molecular complexity index is 843. The van der Waals surface area contributed by atoms with Gasteiger partial charge in [-0.3, -0.25) is 14.9 Å². The number of anilines is 1. The molecule has 1 unspecified atom stereocenters. The first kappa shape index (κ1) is 20.4. The molecule has 0 fully saturated rings. The topological polar surface area (TPSA) is 99.9 Å². The Labute approximate surface area is 161 Å². The smallest absolute Gasteiger partial charge is 0.271 e. The molecular weight excluding hydrogens is 372 g/mol. The highest BCUT2D eigenvalue weighted by atomic mass is 32.2. The molecule has 0 aliphatic heterocycles. The largest absolute Gasteiger partial charge is 0.495 e. The maximum atomic E-state index is 12.5. The second kappa shape index (κ2) is 9.13. The minimum absolute atomic E-state index is 0.133. The van der Waals surface area contributed by atoms with E-state index in [1.807, 2.05) is 6.07 Å². The summed E-state index contributed by atoms with van der Waals surface area (Å²) in [5.74, 6) is 1.20. The van der Waals surface area contributed by atoms with Gasteiger partial charge in [-0.05, 0) is 31.2 Å². The number of non-ortho nitro benzene ring substituents is 1. The van der Waals surface area contributed by atoms with E-state index in [1.165, 1.54) is 44.2 Å². The van der Waals surface area contributed by atoms with Crippen molar-refractivity contribution in [2.75, 3.05) is 26.6 Å². The average molecular weight is 392 g/mol. The molecular formula is C18H20N2O6S. The lowest BCUT2D eigenvalue weighted by Gasteiger charge is -2.15. The lowest BCUT2D eigenvalue weighted by atomic mass is 10.2. The fraction of sp³-hybridized carbons (Fsp3) is 0.278. The second-order valence-electron chi connectivity index (χ2n) is 5.41. The number of nitro groups is 1. The van der Waals surface area contributed by atoms with Crippen LogP contribution in [0.1, 0.15) is 6.92 Å². The van der Waals surface area contributed by atoms with E-state index in [9.17, 15) is 14.9 Å². The number of carbonyl (C=O) groups is 1. The maximum absolute atomic E-state index is 12.5. The Kier molecular flexibility index (Phi) is 6.89. The number of hydrogen-bond donors (Lipinski definition) is 1. The van der Waals surface area contributed by atoms with Crippen LogP contribution in [0.25, 0.3) is 0 Å². The predicted octanol–water partition coefficient (Wildman–Crippen LogP) is 3.74. The molecule has 0 radical (unpaired) electrons. The predicted molar refractivity (Wildman–Crippen MR) is 103 cm³/mol. The van der Waals surface area contributed by atoms with Crippen molar-refractivity contribution in [2.24, 2.45) is 0 Å². The Morgan fingerprint density at radius 2 is 1.67 bits per heavy atom. The van der Waals surface area contributed by atoms with Crippen molar-refractivity contribution in [2.45, 2.75) is 17.1 Å². The van der Waals surface area contributed by atoms with Crippen molar-refractivity contribution >= 4 is 29.0 Å². The summed E-state index contributed by atoms with van der Waals surface area (Å²) in [4.78, 5) is 23.8. The third kappa shape index (κ3) is 5.04. The Balaban J connectivity index is 2.14. The van der Waals surface area contributed by atoms with Crippen LogP contribution in [0.3, 0.4) is 0 Å². The number of hydrogen-bond acceptors (Lipinski definition) is 7. The summed E-state index contributed by atoms with van der Waals surface area (Å²) in [6.45, 7) is 1.74. The van der Waals surface area contributed by atoms with E-state index < -0.39 is 10.2 Å². The van der Waals surface area contributed by atoms with Gasteiger partial charge in [0.05, 0.1) is 37.2 Å². The fourth-order valence-corrected chi connectivity index (χ4v) is 3.18. The van der Waals surface area contributed by atoms with E-state index in [-0.39, 0.29) is 17.3 Å². The highest BCUT2D eigenvalue weighted by Crippen LogP contribution is 2.34. The molecule has 0 aliphatic rings. The van der Waals surface area contributed by atoms with Crippen LogP contribution in [0.4, 0.5) is 11.4 Å². The van der Waals surface area contributed by atoms with Gasteiger partial charge in [-0.2, -0.15) is 0 Å². The lowest BCUT2D eigenvalue weighted by Crippen LogP contribution is -2.22. The van der Waals surface area contributed by atoms with E-state index in [4.69, 9.17) is 14.2 Å². The zero-order valence-corrected chi connectivity index (χ0v) is 16.2. The molecule has 9 heteroatoms. The van der Waals surface area contributed by atoms with Crippen molar-refractivity contribution < 1.29 is 23.9 Å². The number of benzene rings is 2. The van der Waals surface area contributed by atoms with Crippen LogP contribution in [0.5, 0.6) is 17.2 Å². The molecule has 27 heavy (non-hydrogen) atoms. The van der Waals surface area contributed by atoms with Crippen molar-refractivity contribution in [3.63, 3.8) is 0 Å². The van der Waals surface area contributed by atoms with Crippen LogP contribution in [-0.4, -0.2) is 37.4 Å². The molecule has 2 aromatic rings. The molecule has 1 amide bonds. The standard InChI is InChI=1S/C18H20N2O6S/c1-11(27-13-6-8-16(25-3)17(10-13)26-4)18(21)19-14-9-12(20(22)23)5-7-15(14)24-2/h5-11H,1-4H3,(H,19,21). The van der Waals surface area contributed by atoms with Gasteiger partial charge in [0.1, 0.15) is 5.75 Å². The first-order valence-corrected chi connectivity index (χ1v) is 8.79. The summed E-state index contributed by atoms with van der Waals surface area (Å²) in [5, 5.41) is 13.2. The van der Waals surface area contributed by atoms with Crippen molar-refractivity contribution in [3.05, 3.63) is 46.5 Å². The summed E-state index contributed by atoms with van der Waals surface area (Å²) in [5.41, 5.74) is 0.114. The number of methoxy groups -OCH3 is 3. The Morgan fingerprint density at radius 3 is 2.26 bits per heavy atom. The van der Waals surface area contributed by atoms with Crippen molar-refractivity contribution in [3.8, 4) is 17.2 Å². The Hall–Kier alpha value is -2.94. The third-order valence-corrected chi connectivity index (χ3v) is 4.78. The molecule has 0 bridgehead atoms. The quantitative estimate of drug-likeness (QED) is 0.415. The summed E-state index contributed by atoms with van der Waals surface area (Å²) >= 11 is 1.32. The zero-order valence-electron chi connectivity index (χ0n) is 15.3. The number of ether oxygens (including phenoxy) is 3. The molecule has 8 nitrogen and oxygen atoms in total. The van der Waals surface area contributed by atoms with Gasteiger partial charge in [0, 0.05) is 17.0 Å². The molecule has 2 aromatic carbocycles. The average Bonchev–Trinajstić information content (AvgIpc) is 2.67. The van der Waals surface area contributed by atoms with E-state index >= 15 is 0 Å². The van der Waals surface area contributed by atoms with Crippen LogP contribution < -0.4 is 19.5 Å². The van der Waals surface area contributed by atoms with Crippen LogP contribution in [-0.2, 0) is 4.79 Å². The normalized spacial score (nSPS) is 11.4. The van der Waals surface area contributed by atoms with E-state index in [2.05, 4.69) is 5.32 Å². The molecule has 0 saturated heterocycles. The molecule has 1 atom stereocenters. The van der Waals surface area contributed by atoms with Gasteiger partial charge in [0.15, 0.2) is 11.5 Å². The highest BCUT2D eigenvalue weighted by Gasteiger charge is 2.19. The van der Waals surface area contributed by atoms with Crippen molar-refractivity contribution in [1.29, 1.82) is 0 Å². The van der Waals surface area contributed by atoms with E-state index in [1.54, 1.807) is 26.2 Å². The molecule has 2 rings (SSSR count). The van der Waals surface area contributed by atoms with Crippen LogP contribution in [0.15, 0.2) is 41.3 Å². The van der Waals surface area contributed by atoms with Gasteiger partial charge in [0.2, 0.25) is 5.91 Å². The lowest BCUT2D eigenvalue weighted by molar-refractivity contribution is -0.384. The zero-order chi connectivity index (χ0) is 20.0.